The molecule has 2 aromatic heterocycles. The quantitative estimate of drug-likeness (QED) is 0.548. The van der Waals surface area contributed by atoms with E-state index in [4.69, 9.17) is 21.5 Å². The van der Waals surface area contributed by atoms with Gasteiger partial charge in [0.2, 0.25) is 0 Å². The molecule has 6 nitrogen and oxygen atoms in total. The zero-order chi connectivity index (χ0) is 17.1. The van der Waals surface area contributed by atoms with Crippen molar-refractivity contribution >= 4 is 28.5 Å². The van der Waals surface area contributed by atoms with Crippen LogP contribution in [0.5, 0.6) is 5.75 Å². The van der Waals surface area contributed by atoms with Gasteiger partial charge in [-0.2, -0.15) is 0 Å². The molecule has 124 valence electrons. The van der Waals surface area contributed by atoms with Gasteiger partial charge >= 0.3 is 0 Å². The number of amides is 1. The number of rotatable bonds is 5. The van der Waals surface area contributed by atoms with Gasteiger partial charge in [0.1, 0.15) is 29.5 Å². The highest BCUT2D eigenvalue weighted by atomic mass is 35.5. The summed E-state index contributed by atoms with van der Waals surface area (Å²) in [5.41, 5.74) is 2.24. The Morgan fingerprint density at radius 1 is 1.33 bits per heavy atom. The van der Waals surface area contributed by atoms with Crippen LogP contribution in [0.2, 0.25) is 5.02 Å². The Bertz CT molecular complexity index is 897. The van der Waals surface area contributed by atoms with E-state index < -0.39 is 11.7 Å². The third kappa shape index (κ3) is 3.32. The fourth-order valence-corrected chi connectivity index (χ4v) is 2.49. The summed E-state index contributed by atoms with van der Waals surface area (Å²) in [5, 5.41) is 9.74. The predicted octanol–water partition coefficient (Wildman–Crippen LogP) is 3.03. The Kier molecular flexibility index (Phi) is 4.64. The lowest BCUT2D eigenvalue weighted by molar-refractivity contribution is 0.0701. The van der Waals surface area contributed by atoms with E-state index in [1.165, 1.54) is 24.3 Å². The van der Waals surface area contributed by atoms with Crippen molar-refractivity contribution in [3.63, 3.8) is 0 Å². The van der Waals surface area contributed by atoms with Crippen molar-refractivity contribution in [2.75, 3.05) is 6.61 Å². The molecule has 0 bridgehead atoms. The average molecular weight is 350 g/mol. The maximum atomic E-state index is 13.0. The van der Waals surface area contributed by atoms with Crippen LogP contribution in [-0.4, -0.2) is 27.3 Å². The highest BCUT2D eigenvalue weighted by Crippen LogP contribution is 2.25. The lowest BCUT2D eigenvalue weighted by Gasteiger charge is -2.09. The molecule has 2 N–H and O–H groups in total. The molecule has 0 unspecified atom stereocenters. The fourth-order valence-electron chi connectivity index (χ4n) is 2.27. The first-order valence-corrected chi connectivity index (χ1v) is 7.44. The first-order chi connectivity index (χ1) is 11.6. The van der Waals surface area contributed by atoms with E-state index in [1.807, 2.05) is 12.3 Å². The van der Waals surface area contributed by atoms with Crippen LogP contribution in [0.3, 0.4) is 0 Å². The van der Waals surface area contributed by atoms with Crippen molar-refractivity contribution in [1.29, 1.82) is 0 Å². The minimum Gasteiger partial charge on any atom is -0.490 e. The molecule has 1 aromatic carbocycles. The Hall–Kier alpha value is -2.64. The lowest BCUT2D eigenvalue weighted by Crippen LogP contribution is -2.20. The smallest absolute Gasteiger partial charge is 0.293 e. The Morgan fingerprint density at radius 3 is 2.92 bits per heavy atom. The van der Waals surface area contributed by atoms with Crippen molar-refractivity contribution in [3.05, 3.63) is 59.1 Å². The fraction of sp³-hybridized carbons (Fsp3) is 0.125. The number of carbonyl (C=O) groups is 1. The number of nitrogens with one attached hydrogen (secondary N) is 1. The minimum absolute atomic E-state index is 0.104. The van der Waals surface area contributed by atoms with Gasteiger partial charge < -0.3 is 9.30 Å². The molecule has 0 atom stereocenters. The van der Waals surface area contributed by atoms with E-state index in [9.17, 15) is 9.18 Å². The summed E-state index contributed by atoms with van der Waals surface area (Å²) in [4.78, 5) is 15.7. The zero-order valence-corrected chi connectivity index (χ0v) is 13.1. The second-order valence-electron chi connectivity index (χ2n) is 4.98. The standard InChI is InChI=1S/C16H13ClFN3O3/c17-12-9-11(18)2-4-14(12)24-8-7-21-6-5-10-1-3-13(16(22)20-23)19-15(10)21/h1-6,9,23H,7-8H2,(H,20,22). The summed E-state index contributed by atoms with van der Waals surface area (Å²) < 4.78 is 20.3. The van der Waals surface area contributed by atoms with E-state index >= 15 is 0 Å². The molecule has 0 fully saturated rings. The Labute approximate surface area is 141 Å². The topological polar surface area (TPSA) is 76.4 Å². The second-order valence-corrected chi connectivity index (χ2v) is 5.39. The molecule has 24 heavy (non-hydrogen) atoms. The average Bonchev–Trinajstić information content (AvgIpc) is 2.98. The summed E-state index contributed by atoms with van der Waals surface area (Å²) in [6.45, 7) is 0.738. The van der Waals surface area contributed by atoms with Crippen LogP contribution >= 0.6 is 11.6 Å². The zero-order valence-electron chi connectivity index (χ0n) is 12.4. The van der Waals surface area contributed by atoms with Crippen LogP contribution in [0.4, 0.5) is 4.39 Å². The first kappa shape index (κ1) is 16.2. The number of benzene rings is 1. The van der Waals surface area contributed by atoms with Crippen molar-refractivity contribution in [2.24, 2.45) is 0 Å². The van der Waals surface area contributed by atoms with E-state index in [-0.39, 0.29) is 17.3 Å². The minimum atomic E-state index is -0.681. The number of halogens is 2. The highest BCUT2D eigenvalue weighted by Gasteiger charge is 2.10. The van der Waals surface area contributed by atoms with Crippen molar-refractivity contribution < 1.29 is 19.1 Å². The molecule has 2 heterocycles. The number of aromatic nitrogens is 2. The van der Waals surface area contributed by atoms with E-state index in [2.05, 4.69) is 4.98 Å². The van der Waals surface area contributed by atoms with Gasteiger partial charge in [-0.05, 0) is 36.4 Å². The normalized spacial score (nSPS) is 10.8. The summed E-state index contributed by atoms with van der Waals surface area (Å²) in [7, 11) is 0. The van der Waals surface area contributed by atoms with Gasteiger partial charge in [0.05, 0.1) is 11.6 Å². The monoisotopic (exact) mass is 349 g/mol. The van der Waals surface area contributed by atoms with Crippen LogP contribution in [-0.2, 0) is 6.54 Å². The molecule has 0 aliphatic carbocycles. The molecule has 0 spiro atoms. The number of hydrogen-bond donors (Lipinski definition) is 2. The van der Waals surface area contributed by atoms with Crippen LogP contribution in [0, 0.1) is 5.82 Å². The van der Waals surface area contributed by atoms with Crippen LogP contribution in [0.25, 0.3) is 11.0 Å². The molecule has 0 aliphatic heterocycles. The Balaban J connectivity index is 1.74. The van der Waals surface area contributed by atoms with Crippen molar-refractivity contribution in [3.8, 4) is 5.75 Å². The molecular formula is C16H13ClFN3O3. The molecular weight excluding hydrogens is 337 g/mol. The third-order valence-corrected chi connectivity index (χ3v) is 3.72. The van der Waals surface area contributed by atoms with Crippen LogP contribution in [0.15, 0.2) is 42.6 Å². The number of hydroxylamine groups is 1. The summed E-state index contributed by atoms with van der Waals surface area (Å²) in [6.07, 6.45) is 1.81. The van der Waals surface area contributed by atoms with E-state index in [0.29, 0.717) is 17.9 Å². The summed E-state index contributed by atoms with van der Waals surface area (Å²) in [5.74, 6) is -0.718. The molecule has 3 rings (SSSR count). The number of pyridine rings is 1. The molecule has 8 heteroatoms. The summed E-state index contributed by atoms with van der Waals surface area (Å²) in [6, 6.07) is 9.03. The van der Waals surface area contributed by atoms with Gasteiger partial charge in [0.25, 0.3) is 5.91 Å². The number of carbonyl (C=O) groups excluding carboxylic acids is 1. The lowest BCUT2D eigenvalue weighted by atomic mass is 10.3. The molecule has 0 saturated carbocycles. The molecule has 1 amide bonds. The maximum absolute atomic E-state index is 13.0. The first-order valence-electron chi connectivity index (χ1n) is 7.06. The van der Waals surface area contributed by atoms with Gasteiger partial charge in [-0.25, -0.2) is 14.9 Å². The van der Waals surface area contributed by atoms with Gasteiger partial charge in [-0.3, -0.25) is 10.0 Å². The van der Waals surface area contributed by atoms with E-state index in [1.54, 1.807) is 16.1 Å². The SMILES string of the molecule is O=C(NO)c1ccc2ccn(CCOc3ccc(F)cc3Cl)c2n1. The second kappa shape index (κ2) is 6.86. The molecule has 0 radical (unpaired) electrons. The predicted molar refractivity (Wildman–Crippen MR) is 85.9 cm³/mol. The summed E-state index contributed by atoms with van der Waals surface area (Å²) >= 11 is 5.90. The van der Waals surface area contributed by atoms with Gasteiger partial charge in [-0.1, -0.05) is 11.6 Å². The van der Waals surface area contributed by atoms with Crippen molar-refractivity contribution in [1.82, 2.24) is 15.0 Å². The molecule has 3 aromatic rings. The number of nitrogens with zero attached hydrogens (tertiary/aromatic N) is 2. The maximum Gasteiger partial charge on any atom is 0.293 e. The van der Waals surface area contributed by atoms with E-state index in [0.717, 1.165) is 5.39 Å². The van der Waals surface area contributed by atoms with Crippen molar-refractivity contribution in [2.45, 2.75) is 6.54 Å². The number of fused-ring (bicyclic) bond motifs is 1. The Morgan fingerprint density at radius 2 is 2.17 bits per heavy atom. The molecule has 0 aliphatic rings. The highest BCUT2D eigenvalue weighted by molar-refractivity contribution is 6.32. The van der Waals surface area contributed by atoms with Crippen LogP contribution in [0.1, 0.15) is 10.5 Å². The van der Waals surface area contributed by atoms with Crippen LogP contribution < -0.4 is 10.2 Å². The third-order valence-electron chi connectivity index (χ3n) is 3.43. The van der Waals surface area contributed by atoms with Gasteiger partial charge in [-0.15, -0.1) is 0 Å². The largest absolute Gasteiger partial charge is 0.490 e. The molecule has 0 saturated heterocycles. The number of hydrogen-bond acceptors (Lipinski definition) is 4. The number of ether oxygens (including phenoxy) is 1. The van der Waals surface area contributed by atoms with Gasteiger partial charge in [0, 0.05) is 11.6 Å². The van der Waals surface area contributed by atoms with Gasteiger partial charge in [0.15, 0.2) is 0 Å².